The Morgan fingerprint density at radius 1 is 1.37 bits per heavy atom. The first-order chi connectivity index (χ1) is 9.22. The van der Waals surface area contributed by atoms with Gasteiger partial charge in [-0.2, -0.15) is 0 Å². The van der Waals surface area contributed by atoms with Gasteiger partial charge in [0.15, 0.2) is 0 Å². The molecule has 1 amide bonds. The van der Waals surface area contributed by atoms with Crippen molar-refractivity contribution in [2.24, 2.45) is 5.73 Å². The predicted octanol–water partition coefficient (Wildman–Crippen LogP) is 1.60. The van der Waals surface area contributed by atoms with Crippen LogP contribution in [0.5, 0.6) is 5.88 Å². The van der Waals surface area contributed by atoms with Gasteiger partial charge in [-0.05, 0) is 18.9 Å². The maximum atomic E-state index is 11.5. The first-order valence-corrected chi connectivity index (χ1v) is 6.76. The Balaban J connectivity index is 2.27. The highest BCUT2D eigenvalue weighted by atomic mass is 16.5. The second-order valence-corrected chi connectivity index (χ2v) is 4.85. The van der Waals surface area contributed by atoms with Crippen LogP contribution < -0.4 is 10.5 Å². The van der Waals surface area contributed by atoms with E-state index in [4.69, 9.17) is 15.6 Å². The van der Waals surface area contributed by atoms with Crippen LogP contribution in [0.15, 0.2) is 12.1 Å². The Labute approximate surface area is 112 Å². The van der Waals surface area contributed by atoms with Gasteiger partial charge in [-0.1, -0.05) is 19.3 Å². The molecular formula is C14H20N2O3. The Hall–Kier alpha value is -1.62. The minimum Gasteiger partial charge on any atom is -0.475 e. The Bertz CT molecular complexity index is 442. The van der Waals surface area contributed by atoms with Crippen LogP contribution in [0.4, 0.5) is 0 Å². The van der Waals surface area contributed by atoms with Crippen molar-refractivity contribution in [3.8, 4) is 5.88 Å². The molecule has 0 unspecified atom stereocenters. The second kappa shape index (κ2) is 6.52. The monoisotopic (exact) mass is 264 g/mol. The molecule has 2 rings (SSSR count). The van der Waals surface area contributed by atoms with Gasteiger partial charge in [0.05, 0.1) is 17.9 Å². The topological polar surface area (TPSA) is 85.4 Å². The van der Waals surface area contributed by atoms with E-state index in [9.17, 15) is 4.79 Å². The minimum absolute atomic E-state index is 0.0575. The summed E-state index contributed by atoms with van der Waals surface area (Å²) in [5.74, 6) is 0.287. The molecule has 3 N–H and O–H groups in total. The van der Waals surface area contributed by atoms with Crippen molar-refractivity contribution in [3.05, 3.63) is 23.4 Å². The zero-order valence-corrected chi connectivity index (χ0v) is 11.0. The van der Waals surface area contributed by atoms with Gasteiger partial charge < -0.3 is 15.6 Å². The number of aliphatic hydroxyl groups excluding tert-OH is 1. The number of carbonyl (C=O) groups excluding carboxylic acids is 1. The maximum absolute atomic E-state index is 11.5. The lowest BCUT2D eigenvalue weighted by Gasteiger charge is -2.23. The van der Waals surface area contributed by atoms with Gasteiger partial charge in [-0.15, -0.1) is 0 Å². The highest BCUT2D eigenvalue weighted by molar-refractivity contribution is 5.94. The number of nitrogens with two attached hydrogens (primary N) is 1. The van der Waals surface area contributed by atoms with Gasteiger partial charge >= 0.3 is 0 Å². The van der Waals surface area contributed by atoms with E-state index >= 15 is 0 Å². The highest BCUT2D eigenvalue weighted by Crippen LogP contribution is 2.34. The molecule has 0 spiro atoms. The maximum Gasteiger partial charge on any atom is 0.250 e. The summed E-state index contributed by atoms with van der Waals surface area (Å²) in [6.07, 6.45) is 5.63. The summed E-state index contributed by atoms with van der Waals surface area (Å²) in [5, 5.41) is 8.76. The zero-order chi connectivity index (χ0) is 13.7. The lowest BCUT2D eigenvalue weighted by molar-refractivity contribution is 0.0998. The van der Waals surface area contributed by atoms with E-state index in [-0.39, 0.29) is 19.1 Å². The Kier molecular flexibility index (Phi) is 4.74. The van der Waals surface area contributed by atoms with Gasteiger partial charge in [0.1, 0.15) is 6.61 Å². The molecule has 104 valence electrons. The predicted molar refractivity (Wildman–Crippen MR) is 71.2 cm³/mol. The molecule has 1 saturated carbocycles. The van der Waals surface area contributed by atoms with Gasteiger partial charge in [0, 0.05) is 12.0 Å². The number of aliphatic hydroxyl groups is 1. The molecule has 0 aliphatic heterocycles. The fraction of sp³-hybridized carbons (Fsp3) is 0.571. The van der Waals surface area contributed by atoms with Crippen molar-refractivity contribution in [1.82, 2.24) is 4.98 Å². The average molecular weight is 264 g/mol. The van der Waals surface area contributed by atoms with E-state index in [0.717, 1.165) is 31.4 Å². The zero-order valence-electron chi connectivity index (χ0n) is 11.0. The van der Waals surface area contributed by atoms with Crippen molar-refractivity contribution in [3.63, 3.8) is 0 Å². The van der Waals surface area contributed by atoms with Crippen LogP contribution >= 0.6 is 0 Å². The summed E-state index contributed by atoms with van der Waals surface area (Å²) in [4.78, 5) is 15.9. The molecule has 0 atom stereocenters. The number of hydrogen-bond acceptors (Lipinski definition) is 4. The van der Waals surface area contributed by atoms with E-state index < -0.39 is 5.91 Å². The molecule has 1 aromatic rings. The molecular weight excluding hydrogens is 244 g/mol. The third-order valence-corrected chi connectivity index (χ3v) is 3.50. The van der Waals surface area contributed by atoms with Gasteiger partial charge in [-0.3, -0.25) is 4.79 Å². The largest absolute Gasteiger partial charge is 0.475 e. The van der Waals surface area contributed by atoms with Crippen LogP contribution in [0.1, 0.15) is 54.1 Å². The molecule has 1 aromatic heterocycles. The molecule has 0 bridgehead atoms. The van der Waals surface area contributed by atoms with Crippen LogP contribution in [0.3, 0.4) is 0 Å². The van der Waals surface area contributed by atoms with Gasteiger partial charge in [-0.25, -0.2) is 4.98 Å². The molecule has 1 aliphatic rings. The first-order valence-electron chi connectivity index (χ1n) is 6.76. The Morgan fingerprint density at radius 3 is 2.74 bits per heavy atom. The summed E-state index contributed by atoms with van der Waals surface area (Å²) < 4.78 is 5.31. The number of ether oxygens (including phenoxy) is 1. The molecule has 1 fully saturated rings. The number of carbonyl (C=O) groups is 1. The van der Waals surface area contributed by atoms with E-state index in [2.05, 4.69) is 4.98 Å². The molecule has 1 aliphatic carbocycles. The molecule has 5 heteroatoms. The average Bonchev–Trinajstić information content (AvgIpc) is 2.45. The number of pyridine rings is 1. The van der Waals surface area contributed by atoms with Crippen molar-refractivity contribution in [2.45, 2.75) is 38.0 Å². The Morgan fingerprint density at radius 2 is 2.11 bits per heavy atom. The van der Waals surface area contributed by atoms with Crippen LogP contribution in [0.25, 0.3) is 0 Å². The molecule has 0 aromatic carbocycles. The number of rotatable bonds is 5. The molecule has 1 heterocycles. The number of primary amides is 1. The second-order valence-electron chi connectivity index (χ2n) is 4.85. The standard InChI is InChI=1S/C14H20N2O3/c15-14(18)11-6-7-12(19-9-8-17)16-13(11)10-4-2-1-3-5-10/h6-7,10,17H,1-5,8-9H2,(H2,15,18). The van der Waals surface area contributed by atoms with Gasteiger partial charge in [0.2, 0.25) is 5.88 Å². The quantitative estimate of drug-likeness (QED) is 0.845. The highest BCUT2D eigenvalue weighted by Gasteiger charge is 2.22. The van der Waals surface area contributed by atoms with E-state index in [1.54, 1.807) is 12.1 Å². The third kappa shape index (κ3) is 3.44. The van der Waals surface area contributed by atoms with Crippen molar-refractivity contribution in [1.29, 1.82) is 0 Å². The summed E-state index contributed by atoms with van der Waals surface area (Å²) in [5.41, 5.74) is 6.65. The smallest absolute Gasteiger partial charge is 0.250 e. The first kappa shape index (κ1) is 13.8. The number of nitrogens with zero attached hydrogens (tertiary/aromatic N) is 1. The summed E-state index contributed by atoms with van der Waals surface area (Å²) in [6.45, 7) is 0.144. The fourth-order valence-electron chi connectivity index (χ4n) is 2.58. The summed E-state index contributed by atoms with van der Waals surface area (Å²) in [7, 11) is 0. The van der Waals surface area contributed by atoms with E-state index in [1.807, 2.05) is 0 Å². The fourth-order valence-corrected chi connectivity index (χ4v) is 2.58. The van der Waals surface area contributed by atoms with Gasteiger partial charge in [0.25, 0.3) is 5.91 Å². The summed E-state index contributed by atoms with van der Waals surface area (Å²) in [6, 6.07) is 3.30. The van der Waals surface area contributed by atoms with Crippen LogP contribution in [0, 0.1) is 0 Å². The molecule has 19 heavy (non-hydrogen) atoms. The lowest BCUT2D eigenvalue weighted by atomic mass is 9.85. The summed E-state index contributed by atoms with van der Waals surface area (Å²) >= 11 is 0. The SMILES string of the molecule is NC(=O)c1ccc(OCCO)nc1C1CCCCC1. The van der Waals surface area contributed by atoms with Crippen molar-refractivity contribution >= 4 is 5.91 Å². The van der Waals surface area contributed by atoms with Crippen molar-refractivity contribution < 1.29 is 14.6 Å². The third-order valence-electron chi connectivity index (χ3n) is 3.50. The molecule has 0 saturated heterocycles. The number of hydrogen-bond donors (Lipinski definition) is 2. The lowest BCUT2D eigenvalue weighted by Crippen LogP contribution is -2.19. The number of amides is 1. The molecule has 0 radical (unpaired) electrons. The van der Waals surface area contributed by atoms with Crippen LogP contribution in [0.2, 0.25) is 0 Å². The normalized spacial score (nSPS) is 16.3. The molecule has 5 nitrogen and oxygen atoms in total. The van der Waals surface area contributed by atoms with E-state index in [0.29, 0.717) is 11.4 Å². The van der Waals surface area contributed by atoms with Crippen molar-refractivity contribution in [2.75, 3.05) is 13.2 Å². The van der Waals surface area contributed by atoms with E-state index in [1.165, 1.54) is 6.42 Å². The minimum atomic E-state index is -0.443. The van der Waals surface area contributed by atoms with Crippen LogP contribution in [-0.2, 0) is 0 Å². The number of aromatic nitrogens is 1. The van der Waals surface area contributed by atoms with Crippen LogP contribution in [-0.4, -0.2) is 29.2 Å².